The van der Waals surface area contributed by atoms with Crippen LogP contribution in [0, 0.1) is 11.3 Å². The second kappa shape index (κ2) is 9.90. The van der Waals surface area contributed by atoms with E-state index in [1.807, 2.05) is 53.2 Å². The van der Waals surface area contributed by atoms with Crippen molar-refractivity contribution in [2.45, 2.75) is 13.1 Å². The highest BCUT2D eigenvalue weighted by Gasteiger charge is 2.13. The fourth-order valence-corrected chi connectivity index (χ4v) is 3.47. The maximum absolute atomic E-state index is 12.5. The highest BCUT2D eigenvalue weighted by Crippen LogP contribution is 2.24. The van der Waals surface area contributed by atoms with Crippen LogP contribution in [0.1, 0.15) is 11.3 Å². The predicted molar refractivity (Wildman–Crippen MR) is 123 cm³/mol. The summed E-state index contributed by atoms with van der Waals surface area (Å²) in [5.41, 5.74) is 1.81. The van der Waals surface area contributed by atoms with Gasteiger partial charge in [-0.3, -0.25) is 4.79 Å². The fourth-order valence-electron chi connectivity index (χ4n) is 3.35. The molecule has 0 aliphatic carbocycles. The molecule has 0 fully saturated rings. The number of para-hydroxylation sites is 1. The molecule has 4 rings (SSSR count). The molecule has 1 N–H and O–H groups in total. The van der Waals surface area contributed by atoms with Gasteiger partial charge in [0.2, 0.25) is 0 Å². The first-order valence-corrected chi connectivity index (χ1v) is 10.4. The number of hydrogen-bond donors (Lipinski definition) is 1. The van der Waals surface area contributed by atoms with Crippen LogP contribution in [0.15, 0.2) is 83.1 Å². The van der Waals surface area contributed by atoms with E-state index in [-0.39, 0.29) is 12.1 Å². The number of benzene rings is 2. The summed E-state index contributed by atoms with van der Waals surface area (Å²) in [6.45, 7) is 1.27. The minimum absolute atomic E-state index is 0.0249. The number of hydrogen-bond acceptors (Lipinski definition) is 4. The van der Waals surface area contributed by atoms with Crippen LogP contribution in [0.4, 0.5) is 0 Å². The van der Waals surface area contributed by atoms with Crippen LogP contribution >= 0.6 is 11.6 Å². The summed E-state index contributed by atoms with van der Waals surface area (Å²) in [5.74, 6) is 0.908. The molecule has 2 heterocycles. The van der Waals surface area contributed by atoms with Gasteiger partial charge < -0.3 is 19.0 Å². The summed E-state index contributed by atoms with van der Waals surface area (Å²) in [5, 5.41) is 13.9. The number of nitrogens with zero attached hydrogens (tertiary/aromatic N) is 2. The topological polar surface area (TPSA) is 80.2 Å². The number of rotatable bonds is 8. The largest absolute Gasteiger partial charge is 0.492 e. The van der Waals surface area contributed by atoms with Gasteiger partial charge in [0, 0.05) is 27.7 Å². The summed E-state index contributed by atoms with van der Waals surface area (Å²) < 4.78 is 13.1. The third-order valence-electron chi connectivity index (χ3n) is 4.90. The predicted octanol–water partition coefficient (Wildman–Crippen LogP) is 5.19. The van der Waals surface area contributed by atoms with Crippen LogP contribution in [0.2, 0.25) is 5.02 Å². The van der Waals surface area contributed by atoms with Crippen LogP contribution in [0.5, 0.6) is 5.75 Å². The van der Waals surface area contributed by atoms with Crippen molar-refractivity contribution in [2.24, 2.45) is 0 Å². The monoisotopic (exact) mass is 445 g/mol. The quantitative estimate of drug-likeness (QED) is 0.299. The third-order valence-corrected chi connectivity index (χ3v) is 5.15. The van der Waals surface area contributed by atoms with E-state index in [1.54, 1.807) is 30.3 Å². The Labute approximate surface area is 190 Å². The van der Waals surface area contributed by atoms with Gasteiger partial charge in [-0.25, -0.2) is 0 Å². The van der Waals surface area contributed by atoms with Gasteiger partial charge >= 0.3 is 0 Å². The van der Waals surface area contributed by atoms with Gasteiger partial charge in [-0.1, -0.05) is 29.8 Å². The lowest BCUT2D eigenvalue weighted by Gasteiger charge is -2.08. The smallest absolute Gasteiger partial charge is 0.262 e. The van der Waals surface area contributed by atoms with E-state index in [0.717, 1.165) is 22.2 Å². The molecule has 2 aromatic carbocycles. The van der Waals surface area contributed by atoms with E-state index >= 15 is 0 Å². The van der Waals surface area contributed by atoms with Crippen LogP contribution in [0.25, 0.3) is 17.0 Å². The molecule has 0 saturated heterocycles. The van der Waals surface area contributed by atoms with Crippen molar-refractivity contribution in [1.29, 1.82) is 5.26 Å². The molecule has 6 nitrogen and oxygen atoms in total. The van der Waals surface area contributed by atoms with Crippen LogP contribution < -0.4 is 10.1 Å². The van der Waals surface area contributed by atoms with Gasteiger partial charge in [0.25, 0.3) is 5.91 Å². The average molecular weight is 446 g/mol. The van der Waals surface area contributed by atoms with E-state index in [9.17, 15) is 10.1 Å². The number of nitrogens with one attached hydrogen (secondary N) is 1. The molecule has 0 radical (unpaired) electrons. The highest BCUT2D eigenvalue weighted by molar-refractivity contribution is 6.30. The lowest BCUT2D eigenvalue weighted by atomic mass is 10.1. The van der Waals surface area contributed by atoms with Gasteiger partial charge in [0.05, 0.1) is 19.4 Å². The molecule has 7 heteroatoms. The number of carbonyl (C=O) groups excluding carboxylic acids is 1. The first-order chi connectivity index (χ1) is 15.6. The first-order valence-electron chi connectivity index (χ1n) is 10.0. The Morgan fingerprint density at radius 3 is 2.72 bits per heavy atom. The van der Waals surface area contributed by atoms with Crippen molar-refractivity contribution in [3.05, 3.63) is 95.0 Å². The highest BCUT2D eigenvalue weighted by atomic mass is 35.5. The lowest BCUT2D eigenvalue weighted by Crippen LogP contribution is -2.23. The Morgan fingerprint density at radius 1 is 1.16 bits per heavy atom. The molecule has 1 amide bonds. The zero-order valence-corrected chi connectivity index (χ0v) is 17.9. The number of amides is 1. The second-order valence-corrected chi connectivity index (χ2v) is 7.47. The fraction of sp³-hybridized carbons (Fsp3) is 0.120. The Bertz CT molecular complexity index is 1280. The lowest BCUT2D eigenvalue weighted by molar-refractivity contribution is -0.117. The van der Waals surface area contributed by atoms with Gasteiger partial charge in [0.15, 0.2) is 0 Å². The molecular weight excluding hydrogens is 426 g/mol. The van der Waals surface area contributed by atoms with Crippen LogP contribution in [0.3, 0.4) is 0 Å². The number of nitriles is 1. The maximum Gasteiger partial charge on any atom is 0.262 e. The van der Waals surface area contributed by atoms with Crippen LogP contribution in [-0.2, 0) is 17.9 Å². The molecular formula is C25H20ClN3O3. The molecule has 0 saturated carbocycles. The first kappa shape index (κ1) is 21.3. The minimum Gasteiger partial charge on any atom is -0.492 e. The zero-order chi connectivity index (χ0) is 22.3. The van der Waals surface area contributed by atoms with Gasteiger partial charge in [-0.15, -0.1) is 0 Å². The summed E-state index contributed by atoms with van der Waals surface area (Å²) >= 11 is 5.91. The molecule has 160 valence electrons. The number of halogens is 1. The van der Waals surface area contributed by atoms with Crippen molar-refractivity contribution in [3.63, 3.8) is 0 Å². The number of carbonyl (C=O) groups is 1. The van der Waals surface area contributed by atoms with Gasteiger partial charge in [0.1, 0.15) is 29.8 Å². The summed E-state index contributed by atoms with van der Waals surface area (Å²) in [7, 11) is 0. The minimum atomic E-state index is -0.452. The second-order valence-electron chi connectivity index (χ2n) is 7.03. The summed E-state index contributed by atoms with van der Waals surface area (Å²) in [6, 6.07) is 20.6. The third kappa shape index (κ3) is 5.02. The molecule has 2 aromatic heterocycles. The Balaban J connectivity index is 1.51. The van der Waals surface area contributed by atoms with E-state index in [1.165, 1.54) is 6.26 Å². The standard InChI is InChI=1S/C25H20ClN3O3/c26-20-7-9-21(10-8-20)32-13-11-29-17-19(23-5-1-2-6-24(23)29)14-18(15-27)25(30)28-16-22-4-3-12-31-22/h1-10,12,14,17H,11,13,16H2,(H,28,30). The van der Waals surface area contributed by atoms with Crippen molar-refractivity contribution >= 4 is 34.5 Å². The molecule has 0 atom stereocenters. The molecule has 0 aliphatic rings. The van der Waals surface area contributed by atoms with E-state index in [2.05, 4.69) is 5.32 Å². The summed E-state index contributed by atoms with van der Waals surface area (Å²) in [4.78, 5) is 12.5. The summed E-state index contributed by atoms with van der Waals surface area (Å²) in [6.07, 6.45) is 5.07. The Hall–Kier alpha value is -3.95. The molecule has 0 unspecified atom stereocenters. The van der Waals surface area contributed by atoms with Crippen molar-refractivity contribution in [3.8, 4) is 11.8 Å². The molecule has 0 spiro atoms. The van der Waals surface area contributed by atoms with Gasteiger partial charge in [-0.05, 0) is 48.5 Å². The van der Waals surface area contributed by atoms with E-state index in [0.29, 0.717) is 23.9 Å². The molecule has 4 aromatic rings. The van der Waals surface area contributed by atoms with Crippen molar-refractivity contribution in [2.75, 3.05) is 6.61 Å². The van der Waals surface area contributed by atoms with Crippen LogP contribution in [-0.4, -0.2) is 17.1 Å². The SMILES string of the molecule is N#CC(=Cc1cn(CCOc2ccc(Cl)cc2)c2ccccc12)C(=O)NCc1ccco1. The van der Waals surface area contributed by atoms with Crippen molar-refractivity contribution in [1.82, 2.24) is 9.88 Å². The van der Waals surface area contributed by atoms with E-state index in [4.69, 9.17) is 20.8 Å². The Kier molecular flexibility index (Phi) is 6.59. The molecule has 0 aliphatic heterocycles. The molecule has 32 heavy (non-hydrogen) atoms. The number of fused-ring (bicyclic) bond motifs is 1. The van der Waals surface area contributed by atoms with E-state index < -0.39 is 5.91 Å². The van der Waals surface area contributed by atoms with Crippen molar-refractivity contribution < 1.29 is 13.9 Å². The maximum atomic E-state index is 12.5. The zero-order valence-electron chi connectivity index (χ0n) is 17.1. The Morgan fingerprint density at radius 2 is 1.97 bits per heavy atom. The normalized spacial score (nSPS) is 11.3. The number of ether oxygens (including phenoxy) is 1. The molecule has 0 bridgehead atoms. The number of furan rings is 1. The number of aromatic nitrogens is 1. The van der Waals surface area contributed by atoms with Gasteiger partial charge in [-0.2, -0.15) is 5.26 Å². The average Bonchev–Trinajstić information content (AvgIpc) is 3.45.